The van der Waals surface area contributed by atoms with E-state index in [0.29, 0.717) is 30.1 Å². The lowest BCUT2D eigenvalue weighted by Crippen LogP contribution is -2.37. The van der Waals surface area contributed by atoms with E-state index in [9.17, 15) is 9.59 Å². The molecule has 2 amide bonds. The summed E-state index contributed by atoms with van der Waals surface area (Å²) < 4.78 is 10.4. The maximum absolute atomic E-state index is 12.2. The molecule has 29 heavy (non-hydrogen) atoms. The van der Waals surface area contributed by atoms with Crippen LogP contribution in [-0.4, -0.2) is 29.1 Å². The predicted molar refractivity (Wildman–Crippen MR) is 106 cm³/mol. The van der Waals surface area contributed by atoms with Crippen LogP contribution in [0, 0.1) is 0 Å². The molecule has 3 N–H and O–H groups in total. The molecule has 8 heteroatoms. The number of nitrogens with one attached hydrogen (secondary N) is 1. The summed E-state index contributed by atoms with van der Waals surface area (Å²) in [6.45, 7) is 0. The van der Waals surface area contributed by atoms with Crippen molar-refractivity contribution in [2.24, 2.45) is 5.73 Å². The van der Waals surface area contributed by atoms with E-state index in [0.717, 1.165) is 11.3 Å². The fraction of sp³-hybridized carbons (Fsp3) is 0.238. The van der Waals surface area contributed by atoms with E-state index in [1.165, 1.54) is 0 Å². The first-order valence-corrected chi connectivity index (χ1v) is 9.17. The van der Waals surface area contributed by atoms with Gasteiger partial charge in [-0.3, -0.25) is 9.59 Å². The molecular formula is C21H22N4O4. The Bertz CT molecular complexity index is 954. The van der Waals surface area contributed by atoms with E-state index in [-0.39, 0.29) is 12.3 Å². The summed E-state index contributed by atoms with van der Waals surface area (Å²) in [6.07, 6.45) is 1.15. The van der Waals surface area contributed by atoms with Crippen molar-refractivity contribution >= 4 is 11.8 Å². The molecule has 0 fully saturated rings. The Hall–Kier alpha value is -3.68. The van der Waals surface area contributed by atoms with Gasteiger partial charge in [0.1, 0.15) is 11.8 Å². The van der Waals surface area contributed by atoms with Crippen LogP contribution in [0.25, 0.3) is 11.4 Å². The van der Waals surface area contributed by atoms with Gasteiger partial charge < -0.3 is 20.3 Å². The second-order valence-corrected chi connectivity index (χ2v) is 6.41. The molecule has 0 bridgehead atoms. The summed E-state index contributed by atoms with van der Waals surface area (Å²) in [5, 5.41) is 6.63. The molecule has 2 aromatic carbocycles. The van der Waals surface area contributed by atoms with Gasteiger partial charge in [-0.25, -0.2) is 0 Å². The fourth-order valence-corrected chi connectivity index (χ4v) is 2.81. The van der Waals surface area contributed by atoms with Gasteiger partial charge >= 0.3 is 0 Å². The highest BCUT2D eigenvalue weighted by atomic mass is 16.5. The second-order valence-electron chi connectivity index (χ2n) is 6.41. The van der Waals surface area contributed by atoms with Crippen molar-refractivity contribution in [3.8, 4) is 17.1 Å². The third-order valence-corrected chi connectivity index (χ3v) is 4.33. The van der Waals surface area contributed by atoms with Gasteiger partial charge in [0.15, 0.2) is 0 Å². The van der Waals surface area contributed by atoms with E-state index < -0.39 is 11.9 Å². The molecule has 150 valence electrons. The highest BCUT2D eigenvalue weighted by Crippen LogP contribution is 2.20. The largest absolute Gasteiger partial charge is 0.497 e. The molecule has 1 heterocycles. The summed E-state index contributed by atoms with van der Waals surface area (Å²) in [5.74, 6) is 0.787. The Kier molecular flexibility index (Phi) is 6.57. The number of carbonyl (C=O) groups excluding carboxylic acids is 2. The molecular weight excluding hydrogens is 372 g/mol. The van der Waals surface area contributed by atoms with Crippen LogP contribution in [0.1, 0.15) is 30.3 Å². The summed E-state index contributed by atoms with van der Waals surface area (Å²) in [5.41, 5.74) is 6.88. The number of amides is 2. The van der Waals surface area contributed by atoms with Gasteiger partial charge in [0.25, 0.3) is 0 Å². The van der Waals surface area contributed by atoms with Crippen LogP contribution in [0.2, 0.25) is 0 Å². The number of rotatable bonds is 9. The van der Waals surface area contributed by atoms with Gasteiger partial charge in [-0.2, -0.15) is 4.98 Å². The highest BCUT2D eigenvalue weighted by Gasteiger charge is 2.20. The number of carbonyl (C=O) groups is 2. The normalized spacial score (nSPS) is 11.6. The molecule has 0 aliphatic carbocycles. The van der Waals surface area contributed by atoms with Crippen LogP contribution < -0.4 is 15.8 Å². The number of primary amides is 1. The van der Waals surface area contributed by atoms with Gasteiger partial charge in [-0.15, -0.1) is 0 Å². The number of ether oxygens (including phenoxy) is 1. The van der Waals surface area contributed by atoms with Crippen LogP contribution in [-0.2, 0) is 16.0 Å². The number of nitrogens with zero attached hydrogens (tertiary/aromatic N) is 2. The third kappa shape index (κ3) is 5.41. The second kappa shape index (κ2) is 9.50. The summed E-state index contributed by atoms with van der Waals surface area (Å²) >= 11 is 0. The van der Waals surface area contributed by atoms with Crippen molar-refractivity contribution in [2.45, 2.75) is 25.3 Å². The number of hydrogen-bond donors (Lipinski definition) is 2. The van der Waals surface area contributed by atoms with Gasteiger partial charge in [-0.05, 0) is 36.2 Å². The molecule has 0 radical (unpaired) electrons. The Labute approximate surface area is 168 Å². The van der Waals surface area contributed by atoms with E-state index in [4.69, 9.17) is 15.0 Å². The average Bonchev–Trinajstić information content (AvgIpc) is 3.21. The van der Waals surface area contributed by atoms with Crippen LogP contribution in [0.15, 0.2) is 59.1 Å². The van der Waals surface area contributed by atoms with Crippen molar-refractivity contribution in [3.05, 3.63) is 66.1 Å². The van der Waals surface area contributed by atoms with Gasteiger partial charge in [-0.1, -0.05) is 35.5 Å². The first-order valence-electron chi connectivity index (χ1n) is 9.17. The summed E-state index contributed by atoms with van der Waals surface area (Å²) in [4.78, 5) is 28.2. The van der Waals surface area contributed by atoms with Crippen LogP contribution >= 0.6 is 0 Å². The third-order valence-electron chi connectivity index (χ3n) is 4.33. The van der Waals surface area contributed by atoms with Crippen molar-refractivity contribution < 1.29 is 18.8 Å². The van der Waals surface area contributed by atoms with E-state index in [1.807, 2.05) is 30.3 Å². The number of aromatic nitrogens is 2. The summed E-state index contributed by atoms with van der Waals surface area (Å²) in [6, 6.07) is 15.4. The Morgan fingerprint density at radius 3 is 2.52 bits per heavy atom. The summed E-state index contributed by atoms with van der Waals surface area (Å²) in [7, 11) is 1.60. The average molecular weight is 394 g/mol. The van der Waals surface area contributed by atoms with E-state index in [2.05, 4.69) is 15.5 Å². The monoisotopic (exact) mass is 394 g/mol. The van der Waals surface area contributed by atoms with Crippen LogP contribution in [0.4, 0.5) is 0 Å². The first-order chi connectivity index (χ1) is 14.1. The van der Waals surface area contributed by atoms with Gasteiger partial charge in [0.2, 0.25) is 23.5 Å². The molecule has 3 rings (SSSR count). The smallest absolute Gasteiger partial charge is 0.244 e. The molecule has 0 spiro atoms. The van der Waals surface area contributed by atoms with Crippen molar-refractivity contribution in [2.75, 3.05) is 7.11 Å². The molecule has 1 unspecified atom stereocenters. The van der Waals surface area contributed by atoms with Gasteiger partial charge in [0.05, 0.1) is 7.11 Å². The zero-order valence-electron chi connectivity index (χ0n) is 16.0. The SMILES string of the molecule is COc1ccc(-c2noc(CCCC(=O)NC(C(N)=O)c3ccccc3)n2)cc1. The lowest BCUT2D eigenvalue weighted by molar-refractivity contribution is -0.127. The lowest BCUT2D eigenvalue weighted by Gasteiger charge is -2.15. The van der Waals surface area contributed by atoms with Gasteiger partial charge in [0, 0.05) is 18.4 Å². The maximum Gasteiger partial charge on any atom is 0.244 e. The highest BCUT2D eigenvalue weighted by molar-refractivity contribution is 5.87. The lowest BCUT2D eigenvalue weighted by atomic mass is 10.1. The molecule has 0 saturated carbocycles. The zero-order chi connectivity index (χ0) is 20.6. The van der Waals surface area contributed by atoms with Crippen LogP contribution in [0.5, 0.6) is 5.75 Å². The molecule has 0 saturated heterocycles. The topological polar surface area (TPSA) is 120 Å². The molecule has 0 aliphatic rings. The van der Waals surface area contributed by atoms with Crippen molar-refractivity contribution in [3.63, 3.8) is 0 Å². The molecule has 8 nitrogen and oxygen atoms in total. The number of aryl methyl sites for hydroxylation is 1. The minimum absolute atomic E-state index is 0.205. The molecule has 1 atom stereocenters. The Morgan fingerprint density at radius 1 is 1.14 bits per heavy atom. The number of nitrogens with two attached hydrogens (primary N) is 1. The molecule has 3 aromatic rings. The number of methoxy groups -OCH3 is 1. The predicted octanol–water partition coefficient (Wildman–Crippen LogP) is 2.41. The van der Waals surface area contributed by atoms with E-state index in [1.54, 1.807) is 31.4 Å². The minimum atomic E-state index is -0.853. The zero-order valence-corrected chi connectivity index (χ0v) is 16.0. The Balaban J connectivity index is 1.51. The van der Waals surface area contributed by atoms with E-state index >= 15 is 0 Å². The fourth-order valence-electron chi connectivity index (χ4n) is 2.81. The van der Waals surface area contributed by atoms with Crippen molar-refractivity contribution in [1.82, 2.24) is 15.5 Å². The van der Waals surface area contributed by atoms with Crippen LogP contribution in [0.3, 0.4) is 0 Å². The number of benzene rings is 2. The minimum Gasteiger partial charge on any atom is -0.497 e. The van der Waals surface area contributed by atoms with Crippen molar-refractivity contribution in [1.29, 1.82) is 0 Å². The standard InChI is InChI=1S/C21H22N4O4/c1-28-16-12-10-15(11-13-16)21-24-18(29-25-21)9-5-8-17(26)23-19(20(22)27)14-6-3-2-4-7-14/h2-4,6-7,10-13,19H,5,8-9H2,1H3,(H2,22,27)(H,23,26). The molecule has 0 aliphatic heterocycles. The molecule has 1 aromatic heterocycles. The Morgan fingerprint density at radius 2 is 1.86 bits per heavy atom. The quantitative estimate of drug-likeness (QED) is 0.575. The first kappa shape index (κ1) is 20.1. The maximum atomic E-state index is 12.2. The number of hydrogen-bond acceptors (Lipinski definition) is 6.